The minimum Gasteiger partial charge on any atom is -0.497 e. The van der Waals surface area contributed by atoms with Crippen molar-refractivity contribution in [2.45, 2.75) is 6.92 Å². The summed E-state index contributed by atoms with van der Waals surface area (Å²) in [4.78, 5) is 4.75. The molecule has 0 aliphatic carbocycles. The van der Waals surface area contributed by atoms with E-state index in [-0.39, 0.29) is 0 Å². The Morgan fingerprint density at radius 1 is 0.880 bits per heavy atom. The lowest BCUT2D eigenvalue weighted by molar-refractivity contribution is 0.415. The van der Waals surface area contributed by atoms with E-state index in [9.17, 15) is 0 Å². The van der Waals surface area contributed by atoms with Crippen LogP contribution >= 0.6 is 11.6 Å². The molecule has 0 unspecified atom stereocenters. The molecule has 0 spiro atoms. The molecule has 0 fully saturated rings. The Morgan fingerprint density at radius 3 is 2.44 bits per heavy atom. The van der Waals surface area contributed by atoms with Gasteiger partial charge in [-0.2, -0.15) is 0 Å². The number of aromatic nitrogens is 1. The van der Waals surface area contributed by atoms with E-state index in [4.69, 9.17) is 21.3 Å². The van der Waals surface area contributed by atoms with E-state index in [1.165, 1.54) is 5.56 Å². The molecule has 25 heavy (non-hydrogen) atoms. The van der Waals surface area contributed by atoms with Crippen LogP contribution in [0, 0.1) is 6.92 Å². The SMILES string of the molecule is COc1ccc2nc3cc(Cl)ccc3c(Nc3ccc(C)cc3)c2c1. The number of nitrogens with zero attached hydrogens (tertiary/aromatic N) is 1. The number of hydrogen-bond donors (Lipinski definition) is 1. The number of pyridine rings is 1. The summed E-state index contributed by atoms with van der Waals surface area (Å²) in [6, 6.07) is 20.0. The molecule has 0 aliphatic rings. The second-order valence-electron chi connectivity index (χ2n) is 6.02. The monoisotopic (exact) mass is 348 g/mol. The Hall–Kier alpha value is -2.78. The van der Waals surface area contributed by atoms with Crippen molar-refractivity contribution in [1.29, 1.82) is 0 Å². The highest BCUT2D eigenvalue weighted by atomic mass is 35.5. The average Bonchev–Trinajstić information content (AvgIpc) is 2.62. The van der Waals surface area contributed by atoms with Crippen LogP contribution in [-0.2, 0) is 0 Å². The summed E-state index contributed by atoms with van der Waals surface area (Å²) in [5, 5.41) is 6.25. The van der Waals surface area contributed by atoms with E-state index >= 15 is 0 Å². The Balaban J connectivity index is 1.99. The standard InChI is InChI=1S/C21H17ClN2O/c1-13-3-6-15(7-4-13)23-21-17-9-5-14(22)11-20(17)24-19-10-8-16(25-2)12-18(19)21/h3-12H,1-2H3,(H,23,24). The molecular formula is C21H17ClN2O. The number of hydrogen-bond acceptors (Lipinski definition) is 3. The van der Waals surface area contributed by atoms with Crippen molar-refractivity contribution in [3.63, 3.8) is 0 Å². The van der Waals surface area contributed by atoms with Gasteiger partial charge in [0.05, 0.1) is 23.8 Å². The van der Waals surface area contributed by atoms with Gasteiger partial charge >= 0.3 is 0 Å². The fraction of sp³-hybridized carbons (Fsp3) is 0.0952. The number of halogens is 1. The first kappa shape index (κ1) is 15.7. The van der Waals surface area contributed by atoms with Crippen LogP contribution in [0.2, 0.25) is 5.02 Å². The maximum absolute atomic E-state index is 6.17. The Bertz CT molecular complexity index is 1070. The summed E-state index contributed by atoms with van der Waals surface area (Å²) < 4.78 is 5.40. The number of benzene rings is 3. The molecule has 0 saturated heterocycles. The fourth-order valence-corrected chi connectivity index (χ4v) is 3.11. The first-order chi connectivity index (χ1) is 12.1. The Labute approximate surface area is 151 Å². The molecule has 4 aromatic rings. The lowest BCUT2D eigenvalue weighted by Gasteiger charge is -2.14. The zero-order chi connectivity index (χ0) is 17.4. The van der Waals surface area contributed by atoms with E-state index < -0.39 is 0 Å². The van der Waals surface area contributed by atoms with Gasteiger partial charge in [0.25, 0.3) is 0 Å². The van der Waals surface area contributed by atoms with Crippen LogP contribution in [-0.4, -0.2) is 12.1 Å². The highest BCUT2D eigenvalue weighted by Crippen LogP contribution is 2.35. The van der Waals surface area contributed by atoms with Crippen molar-refractivity contribution in [2.75, 3.05) is 12.4 Å². The molecule has 1 aromatic heterocycles. The van der Waals surface area contributed by atoms with E-state index in [2.05, 4.69) is 36.5 Å². The molecule has 1 N–H and O–H groups in total. The molecule has 0 atom stereocenters. The van der Waals surface area contributed by atoms with Crippen molar-refractivity contribution >= 4 is 44.8 Å². The Morgan fingerprint density at radius 2 is 1.68 bits per heavy atom. The number of rotatable bonds is 3. The largest absolute Gasteiger partial charge is 0.497 e. The molecule has 1 heterocycles. The highest BCUT2D eigenvalue weighted by Gasteiger charge is 2.11. The fourth-order valence-electron chi connectivity index (χ4n) is 2.94. The summed E-state index contributed by atoms with van der Waals surface area (Å²) in [7, 11) is 1.67. The quantitative estimate of drug-likeness (QED) is 0.454. The summed E-state index contributed by atoms with van der Waals surface area (Å²) in [6.07, 6.45) is 0. The Kier molecular flexibility index (Phi) is 3.94. The zero-order valence-corrected chi connectivity index (χ0v) is 14.8. The van der Waals surface area contributed by atoms with Crippen LogP contribution in [0.25, 0.3) is 21.8 Å². The van der Waals surface area contributed by atoms with Gasteiger partial charge < -0.3 is 10.1 Å². The number of fused-ring (bicyclic) bond motifs is 2. The van der Waals surface area contributed by atoms with Crippen molar-refractivity contribution in [3.05, 3.63) is 71.2 Å². The molecule has 124 valence electrons. The molecule has 3 nitrogen and oxygen atoms in total. The first-order valence-corrected chi connectivity index (χ1v) is 8.42. The minimum atomic E-state index is 0.675. The van der Waals surface area contributed by atoms with Gasteiger partial charge in [-0.3, -0.25) is 0 Å². The summed E-state index contributed by atoms with van der Waals surface area (Å²) in [5.74, 6) is 0.801. The molecule has 4 rings (SSSR count). The predicted molar refractivity (Wildman–Crippen MR) is 105 cm³/mol. The first-order valence-electron chi connectivity index (χ1n) is 8.05. The lowest BCUT2D eigenvalue weighted by atomic mass is 10.1. The van der Waals surface area contributed by atoms with Crippen molar-refractivity contribution in [1.82, 2.24) is 4.98 Å². The molecular weight excluding hydrogens is 332 g/mol. The molecule has 0 amide bonds. The van der Waals surface area contributed by atoms with Crippen LogP contribution in [0.3, 0.4) is 0 Å². The number of nitrogens with one attached hydrogen (secondary N) is 1. The summed E-state index contributed by atoms with van der Waals surface area (Å²) >= 11 is 6.17. The van der Waals surface area contributed by atoms with Gasteiger partial charge in [-0.1, -0.05) is 29.3 Å². The smallest absolute Gasteiger partial charge is 0.119 e. The van der Waals surface area contributed by atoms with Gasteiger partial charge in [0, 0.05) is 21.5 Å². The van der Waals surface area contributed by atoms with Crippen LogP contribution in [0.5, 0.6) is 5.75 Å². The second-order valence-corrected chi connectivity index (χ2v) is 6.46. The summed E-state index contributed by atoms with van der Waals surface area (Å²) in [5.41, 5.74) is 5.00. The van der Waals surface area contributed by atoms with Gasteiger partial charge in [0.1, 0.15) is 5.75 Å². The van der Waals surface area contributed by atoms with Crippen LogP contribution < -0.4 is 10.1 Å². The molecule has 0 radical (unpaired) electrons. The average molecular weight is 349 g/mol. The predicted octanol–water partition coefficient (Wildman–Crippen LogP) is 6.10. The van der Waals surface area contributed by atoms with Gasteiger partial charge in [-0.25, -0.2) is 4.98 Å². The molecule has 3 aromatic carbocycles. The van der Waals surface area contributed by atoms with Crippen molar-refractivity contribution < 1.29 is 4.74 Å². The van der Waals surface area contributed by atoms with Crippen LogP contribution in [0.4, 0.5) is 11.4 Å². The zero-order valence-electron chi connectivity index (χ0n) is 14.0. The maximum atomic E-state index is 6.17. The molecule has 4 heteroatoms. The number of anilines is 2. The van der Waals surface area contributed by atoms with Crippen molar-refractivity contribution in [3.8, 4) is 5.75 Å². The van der Waals surface area contributed by atoms with Gasteiger partial charge in [-0.05, 0) is 55.5 Å². The maximum Gasteiger partial charge on any atom is 0.119 e. The van der Waals surface area contributed by atoms with Gasteiger partial charge in [-0.15, -0.1) is 0 Å². The van der Waals surface area contributed by atoms with E-state index in [0.29, 0.717) is 5.02 Å². The minimum absolute atomic E-state index is 0.675. The topological polar surface area (TPSA) is 34.1 Å². The second kappa shape index (κ2) is 6.26. The summed E-state index contributed by atoms with van der Waals surface area (Å²) in [6.45, 7) is 2.08. The highest BCUT2D eigenvalue weighted by molar-refractivity contribution is 6.31. The van der Waals surface area contributed by atoms with Crippen molar-refractivity contribution in [2.24, 2.45) is 0 Å². The number of ether oxygens (including phenoxy) is 1. The van der Waals surface area contributed by atoms with E-state index in [1.807, 2.05) is 36.4 Å². The van der Waals surface area contributed by atoms with Gasteiger partial charge in [0.2, 0.25) is 0 Å². The van der Waals surface area contributed by atoms with E-state index in [1.54, 1.807) is 7.11 Å². The van der Waals surface area contributed by atoms with Crippen LogP contribution in [0.1, 0.15) is 5.56 Å². The lowest BCUT2D eigenvalue weighted by Crippen LogP contribution is -1.96. The molecule has 0 bridgehead atoms. The third-order valence-corrected chi connectivity index (χ3v) is 4.50. The number of aryl methyl sites for hydroxylation is 1. The molecule has 0 aliphatic heterocycles. The van der Waals surface area contributed by atoms with Crippen LogP contribution in [0.15, 0.2) is 60.7 Å². The van der Waals surface area contributed by atoms with E-state index in [0.717, 1.165) is 38.9 Å². The normalized spacial score (nSPS) is 11.0. The third kappa shape index (κ3) is 2.99. The molecule has 0 saturated carbocycles. The number of methoxy groups -OCH3 is 1. The third-order valence-electron chi connectivity index (χ3n) is 4.26. The van der Waals surface area contributed by atoms with Gasteiger partial charge in [0.15, 0.2) is 0 Å².